The molecule has 7 heteroatoms. The largest absolute Gasteiger partial charge is 0.493 e. The molecule has 2 rings (SSSR count). The lowest BCUT2D eigenvalue weighted by atomic mass is 10.1. The first-order valence-electron chi connectivity index (χ1n) is 7.54. The van der Waals surface area contributed by atoms with Crippen LogP contribution in [0.5, 0.6) is 11.5 Å². The fourth-order valence-corrected chi connectivity index (χ4v) is 2.73. The summed E-state index contributed by atoms with van der Waals surface area (Å²) in [5, 5.41) is 10.8. The van der Waals surface area contributed by atoms with Gasteiger partial charge in [0.2, 0.25) is 0 Å². The summed E-state index contributed by atoms with van der Waals surface area (Å²) in [7, 11) is 1.52. The normalized spacial score (nSPS) is 10.5. The number of nitro groups is 1. The summed E-state index contributed by atoms with van der Waals surface area (Å²) in [6.07, 6.45) is 4.58. The summed E-state index contributed by atoms with van der Waals surface area (Å²) in [6.45, 7) is 3.93. The van der Waals surface area contributed by atoms with Crippen LogP contribution in [0, 0.1) is 10.1 Å². The Hall–Kier alpha value is -2.93. The van der Waals surface area contributed by atoms with E-state index in [1.807, 2.05) is 0 Å². The minimum Gasteiger partial charge on any atom is -0.493 e. The Balaban J connectivity index is 2.25. The average Bonchev–Trinajstić information content (AvgIpc) is 2.64. The predicted octanol–water partition coefficient (Wildman–Crippen LogP) is 4.83. The van der Waals surface area contributed by atoms with E-state index in [4.69, 9.17) is 9.47 Å². The number of ketones is 1. The first-order valence-corrected chi connectivity index (χ1v) is 8.33. The summed E-state index contributed by atoms with van der Waals surface area (Å²) >= 11 is 3.41. The number of methoxy groups -OCH3 is 1. The average molecular weight is 418 g/mol. The number of hydrogen-bond donors (Lipinski definition) is 0. The Kier molecular flexibility index (Phi) is 6.68. The van der Waals surface area contributed by atoms with Crippen molar-refractivity contribution in [1.82, 2.24) is 0 Å². The van der Waals surface area contributed by atoms with E-state index < -0.39 is 4.92 Å². The highest BCUT2D eigenvalue weighted by Gasteiger charge is 2.12. The molecule has 0 aliphatic carbocycles. The van der Waals surface area contributed by atoms with Crippen LogP contribution in [0.3, 0.4) is 0 Å². The smallest absolute Gasteiger partial charge is 0.270 e. The molecule has 0 fully saturated rings. The van der Waals surface area contributed by atoms with Crippen LogP contribution in [0.15, 0.2) is 59.6 Å². The zero-order valence-corrected chi connectivity index (χ0v) is 15.6. The Morgan fingerprint density at radius 3 is 2.77 bits per heavy atom. The van der Waals surface area contributed by atoms with Crippen molar-refractivity contribution in [3.8, 4) is 11.5 Å². The van der Waals surface area contributed by atoms with E-state index in [2.05, 4.69) is 22.5 Å². The van der Waals surface area contributed by atoms with Gasteiger partial charge in [0, 0.05) is 17.7 Å². The molecule has 0 heterocycles. The molecule has 0 saturated carbocycles. The first-order chi connectivity index (χ1) is 12.5. The maximum Gasteiger partial charge on any atom is 0.270 e. The monoisotopic (exact) mass is 417 g/mol. The SMILES string of the molecule is C=CCOc1c(Br)cc(/C=C/C(=O)c2cccc([N+](=O)[O-])c2)cc1OC. The van der Waals surface area contributed by atoms with Crippen LogP contribution in [0.1, 0.15) is 15.9 Å². The molecule has 26 heavy (non-hydrogen) atoms. The molecule has 0 atom stereocenters. The van der Waals surface area contributed by atoms with Gasteiger partial charge in [-0.15, -0.1) is 0 Å². The summed E-state index contributed by atoms with van der Waals surface area (Å²) in [5.41, 5.74) is 0.822. The lowest BCUT2D eigenvalue weighted by Crippen LogP contribution is -1.98. The molecule has 0 saturated heterocycles. The summed E-state index contributed by atoms with van der Waals surface area (Å²) < 4.78 is 11.5. The van der Waals surface area contributed by atoms with Gasteiger partial charge in [-0.05, 0) is 39.7 Å². The van der Waals surface area contributed by atoms with Crippen molar-refractivity contribution in [1.29, 1.82) is 0 Å². The molecular weight excluding hydrogens is 402 g/mol. The Bertz CT molecular complexity index is 876. The van der Waals surface area contributed by atoms with E-state index in [1.165, 1.54) is 37.5 Å². The maximum atomic E-state index is 12.3. The maximum absolute atomic E-state index is 12.3. The minimum absolute atomic E-state index is 0.127. The Morgan fingerprint density at radius 2 is 2.12 bits per heavy atom. The number of halogens is 1. The van der Waals surface area contributed by atoms with Gasteiger partial charge in [0.05, 0.1) is 16.5 Å². The van der Waals surface area contributed by atoms with Gasteiger partial charge in [0.25, 0.3) is 5.69 Å². The van der Waals surface area contributed by atoms with Crippen LogP contribution in [-0.4, -0.2) is 24.4 Å². The molecule has 0 aliphatic heterocycles. The Labute approximate surface area is 159 Å². The number of carbonyl (C=O) groups is 1. The topological polar surface area (TPSA) is 78.7 Å². The number of ether oxygens (including phenoxy) is 2. The molecule has 0 aliphatic rings. The van der Waals surface area contributed by atoms with E-state index in [0.29, 0.717) is 28.1 Å². The van der Waals surface area contributed by atoms with Crippen LogP contribution < -0.4 is 9.47 Å². The molecule has 134 valence electrons. The lowest BCUT2D eigenvalue weighted by Gasteiger charge is -2.12. The molecule has 6 nitrogen and oxygen atoms in total. The fourth-order valence-electron chi connectivity index (χ4n) is 2.16. The molecule has 0 amide bonds. The minimum atomic E-state index is -0.537. The quantitative estimate of drug-likeness (QED) is 0.202. The number of nitro benzene ring substituents is 1. The lowest BCUT2D eigenvalue weighted by molar-refractivity contribution is -0.384. The van der Waals surface area contributed by atoms with Crippen LogP contribution >= 0.6 is 15.9 Å². The van der Waals surface area contributed by atoms with Gasteiger partial charge < -0.3 is 9.47 Å². The third-order valence-electron chi connectivity index (χ3n) is 3.37. The summed E-state index contributed by atoms with van der Waals surface area (Å²) in [6, 6.07) is 9.09. The predicted molar refractivity (Wildman–Crippen MR) is 103 cm³/mol. The summed E-state index contributed by atoms with van der Waals surface area (Å²) in [5.74, 6) is 0.703. The van der Waals surface area contributed by atoms with Crippen molar-refractivity contribution in [3.05, 3.63) is 80.8 Å². The summed E-state index contributed by atoms with van der Waals surface area (Å²) in [4.78, 5) is 22.5. The van der Waals surface area contributed by atoms with Gasteiger partial charge in [-0.2, -0.15) is 0 Å². The van der Waals surface area contributed by atoms with E-state index in [9.17, 15) is 14.9 Å². The molecular formula is C19H16BrNO5. The number of hydrogen-bond acceptors (Lipinski definition) is 5. The third-order valence-corrected chi connectivity index (χ3v) is 3.95. The number of rotatable bonds is 8. The highest BCUT2D eigenvalue weighted by atomic mass is 79.9. The van der Waals surface area contributed by atoms with Crippen LogP contribution in [-0.2, 0) is 0 Å². The number of nitrogens with zero attached hydrogens (tertiary/aromatic N) is 1. The van der Waals surface area contributed by atoms with E-state index in [1.54, 1.807) is 24.3 Å². The zero-order valence-electron chi connectivity index (χ0n) is 14.0. The molecule has 0 radical (unpaired) electrons. The second-order valence-corrected chi connectivity index (χ2v) is 5.99. The molecule has 0 bridgehead atoms. The molecule has 0 aromatic heterocycles. The van der Waals surface area contributed by atoms with Crippen LogP contribution in [0.4, 0.5) is 5.69 Å². The van der Waals surface area contributed by atoms with Crippen molar-refractivity contribution in [2.24, 2.45) is 0 Å². The number of allylic oxidation sites excluding steroid dienone is 1. The molecule has 0 N–H and O–H groups in total. The van der Waals surface area contributed by atoms with Crippen LogP contribution in [0.25, 0.3) is 6.08 Å². The van der Waals surface area contributed by atoms with Crippen molar-refractivity contribution < 1.29 is 19.2 Å². The van der Waals surface area contributed by atoms with E-state index in [0.717, 1.165) is 0 Å². The Morgan fingerprint density at radius 1 is 1.35 bits per heavy atom. The molecule has 2 aromatic carbocycles. The fraction of sp³-hybridized carbons (Fsp3) is 0.105. The van der Waals surface area contributed by atoms with Gasteiger partial charge >= 0.3 is 0 Å². The first kappa shape index (κ1) is 19.4. The van der Waals surface area contributed by atoms with Crippen molar-refractivity contribution >= 4 is 33.5 Å². The molecule has 2 aromatic rings. The standard InChI is InChI=1S/C19H16BrNO5/c1-3-9-26-19-16(20)10-13(11-18(19)25-2)7-8-17(22)14-5-4-6-15(12-14)21(23)24/h3-8,10-12H,1,9H2,2H3/b8-7+. The van der Waals surface area contributed by atoms with Gasteiger partial charge in [0.15, 0.2) is 17.3 Å². The molecule has 0 spiro atoms. The highest BCUT2D eigenvalue weighted by Crippen LogP contribution is 2.37. The molecule has 0 unspecified atom stereocenters. The number of carbonyl (C=O) groups excluding carboxylic acids is 1. The highest BCUT2D eigenvalue weighted by molar-refractivity contribution is 9.10. The van der Waals surface area contributed by atoms with Gasteiger partial charge in [0.1, 0.15) is 6.61 Å². The van der Waals surface area contributed by atoms with Gasteiger partial charge in [-0.25, -0.2) is 0 Å². The third kappa shape index (κ3) is 4.80. The van der Waals surface area contributed by atoms with Crippen LogP contribution in [0.2, 0.25) is 0 Å². The van der Waals surface area contributed by atoms with Gasteiger partial charge in [-0.1, -0.05) is 30.9 Å². The zero-order chi connectivity index (χ0) is 19.1. The van der Waals surface area contributed by atoms with Crippen molar-refractivity contribution in [2.75, 3.05) is 13.7 Å². The van der Waals surface area contributed by atoms with Crippen molar-refractivity contribution in [3.63, 3.8) is 0 Å². The van der Waals surface area contributed by atoms with Gasteiger partial charge in [-0.3, -0.25) is 14.9 Å². The number of benzene rings is 2. The second-order valence-electron chi connectivity index (χ2n) is 5.14. The van der Waals surface area contributed by atoms with E-state index in [-0.39, 0.29) is 17.0 Å². The number of non-ortho nitro benzene ring substituents is 1. The van der Waals surface area contributed by atoms with Crippen molar-refractivity contribution in [2.45, 2.75) is 0 Å². The second kappa shape index (κ2) is 8.96. The van der Waals surface area contributed by atoms with E-state index >= 15 is 0 Å².